The molecule has 7 heteroatoms. The van der Waals surface area contributed by atoms with Gasteiger partial charge in [0.1, 0.15) is 0 Å². The van der Waals surface area contributed by atoms with Crippen molar-refractivity contribution in [1.82, 2.24) is 24.8 Å². The highest BCUT2D eigenvalue weighted by Gasteiger charge is 2.15. The molecule has 0 radical (unpaired) electrons. The Morgan fingerprint density at radius 3 is 2.50 bits per heavy atom. The second-order valence-corrected chi connectivity index (χ2v) is 6.69. The molecule has 136 valence electrons. The fourth-order valence-electron chi connectivity index (χ4n) is 3.16. The molecule has 1 saturated heterocycles. The minimum absolute atomic E-state index is 0.561. The van der Waals surface area contributed by atoms with E-state index in [1.165, 1.54) is 5.56 Å². The maximum atomic E-state index is 5.44. The smallest absolute Gasteiger partial charge is 0.257 e. The first-order valence-corrected chi connectivity index (χ1v) is 8.90. The van der Waals surface area contributed by atoms with Crippen LogP contribution in [0.2, 0.25) is 0 Å². The van der Waals surface area contributed by atoms with Gasteiger partial charge in [-0.1, -0.05) is 17.3 Å². The zero-order chi connectivity index (χ0) is 17.9. The van der Waals surface area contributed by atoms with E-state index >= 15 is 0 Å². The molecule has 1 aromatic carbocycles. The number of aromatic nitrogens is 4. The highest BCUT2D eigenvalue weighted by Crippen LogP contribution is 2.19. The van der Waals surface area contributed by atoms with Gasteiger partial charge in [0.2, 0.25) is 0 Å². The summed E-state index contributed by atoms with van der Waals surface area (Å²) in [6.07, 6.45) is 0. The number of nitrogens with zero attached hydrogens (tertiary/aromatic N) is 5. The van der Waals surface area contributed by atoms with Crippen molar-refractivity contribution in [3.63, 3.8) is 0 Å². The van der Waals surface area contributed by atoms with Gasteiger partial charge in [-0.25, -0.2) is 0 Å². The van der Waals surface area contributed by atoms with Crippen LogP contribution in [0.4, 0.5) is 0 Å². The molecule has 0 unspecified atom stereocenters. The summed E-state index contributed by atoms with van der Waals surface area (Å²) in [5.74, 6) is 1.28. The third kappa shape index (κ3) is 3.84. The summed E-state index contributed by atoms with van der Waals surface area (Å²) >= 11 is 0. The fourth-order valence-corrected chi connectivity index (χ4v) is 3.16. The molecule has 1 aliphatic rings. The maximum Gasteiger partial charge on any atom is 0.257 e. The summed E-state index contributed by atoms with van der Waals surface area (Å²) in [7, 11) is 0. The molecule has 0 saturated carbocycles. The summed E-state index contributed by atoms with van der Waals surface area (Å²) < 4.78 is 12.8. The molecule has 0 amide bonds. The van der Waals surface area contributed by atoms with Crippen LogP contribution < -0.4 is 0 Å². The Morgan fingerprint density at radius 2 is 1.81 bits per heavy atom. The van der Waals surface area contributed by atoms with Crippen LogP contribution in [-0.2, 0) is 17.8 Å². The van der Waals surface area contributed by atoms with Gasteiger partial charge in [0.15, 0.2) is 5.82 Å². The van der Waals surface area contributed by atoms with Gasteiger partial charge in [-0.2, -0.15) is 10.1 Å². The lowest BCUT2D eigenvalue weighted by Crippen LogP contribution is -2.35. The topological polar surface area (TPSA) is 69.2 Å². The van der Waals surface area contributed by atoms with Crippen LogP contribution in [0.3, 0.4) is 0 Å². The van der Waals surface area contributed by atoms with Gasteiger partial charge < -0.3 is 9.26 Å². The highest BCUT2D eigenvalue weighted by atomic mass is 16.5. The van der Waals surface area contributed by atoms with Crippen LogP contribution in [0, 0.1) is 13.8 Å². The van der Waals surface area contributed by atoms with E-state index < -0.39 is 0 Å². The third-order valence-corrected chi connectivity index (χ3v) is 4.57. The number of rotatable bonds is 5. The molecule has 0 bridgehead atoms. The monoisotopic (exact) mass is 353 g/mol. The Balaban J connectivity index is 1.42. The van der Waals surface area contributed by atoms with E-state index in [1.54, 1.807) is 0 Å². The summed E-state index contributed by atoms with van der Waals surface area (Å²) in [6, 6.07) is 10.3. The number of benzene rings is 1. The van der Waals surface area contributed by atoms with Crippen molar-refractivity contribution in [2.75, 3.05) is 26.3 Å². The fraction of sp³-hybridized carbons (Fsp3) is 0.421. The van der Waals surface area contributed by atoms with Crippen molar-refractivity contribution in [3.05, 3.63) is 53.1 Å². The first-order chi connectivity index (χ1) is 12.7. The minimum atomic E-state index is 0.561. The molecular weight excluding hydrogens is 330 g/mol. The van der Waals surface area contributed by atoms with E-state index in [9.17, 15) is 0 Å². The Bertz CT molecular complexity index is 862. The van der Waals surface area contributed by atoms with Crippen LogP contribution >= 0.6 is 0 Å². The predicted molar refractivity (Wildman–Crippen MR) is 96.6 cm³/mol. The van der Waals surface area contributed by atoms with Crippen molar-refractivity contribution in [3.8, 4) is 11.5 Å². The zero-order valence-corrected chi connectivity index (χ0v) is 15.2. The molecule has 3 heterocycles. The largest absolute Gasteiger partial charge is 0.379 e. The molecule has 0 aliphatic carbocycles. The van der Waals surface area contributed by atoms with Crippen LogP contribution in [0.5, 0.6) is 0 Å². The lowest BCUT2D eigenvalue weighted by Gasteiger charge is -2.24. The van der Waals surface area contributed by atoms with Crippen molar-refractivity contribution in [2.24, 2.45) is 0 Å². The first-order valence-electron chi connectivity index (χ1n) is 8.90. The highest BCUT2D eigenvalue weighted by molar-refractivity contribution is 5.53. The van der Waals surface area contributed by atoms with Gasteiger partial charge in [0.05, 0.1) is 32.0 Å². The molecule has 0 N–H and O–H groups in total. The average Bonchev–Trinajstić information content (AvgIpc) is 3.23. The maximum absolute atomic E-state index is 5.44. The van der Waals surface area contributed by atoms with Gasteiger partial charge in [-0.3, -0.25) is 9.58 Å². The molecule has 7 nitrogen and oxygen atoms in total. The average molecular weight is 353 g/mol. The summed E-state index contributed by atoms with van der Waals surface area (Å²) in [6.45, 7) is 8.88. The van der Waals surface area contributed by atoms with Crippen LogP contribution in [0.1, 0.15) is 22.8 Å². The summed E-state index contributed by atoms with van der Waals surface area (Å²) in [4.78, 5) is 6.80. The number of hydrogen-bond acceptors (Lipinski definition) is 6. The molecule has 1 fully saturated rings. The number of hydrogen-bond donors (Lipinski definition) is 0. The van der Waals surface area contributed by atoms with Crippen molar-refractivity contribution >= 4 is 0 Å². The van der Waals surface area contributed by atoms with E-state index in [2.05, 4.69) is 45.3 Å². The predicted octanol–water partition coefficient (Wildman–Crippen LogP) is 2.43. The van der Waals surface area contributed by atoms with E-state index in [-0.39, 0.29) is 0 Å². The zero-order valence-electron chi connectivity index (χ0n) is 15.2. The molecule has 1 aliphatic heterocycles. The molecule has 3 aromatic rings. The van der Waals surface area contributed by atoms with E-state index in [1.807, 2.05) is 23.7 Å². The second-order valence-electron chi connectivity index (χ2n) is 6.69. The van der Waals surface area contributed by atoms with Gasteiger partial charge in [0, 0.05) is 24.3 Å². The molecule has 0 atom stereocenters. The first kappa shape index (κ1) is 16.9. The quantitative estimate of drug-likeness (QED) is 0.702. The summed E-state index contributed by atoms with van der Waals surface area (Å²) in [5.41, 5.74) is 4.32. The van der Waals surface area contributed by atoms with Gasteiger partial charge >= 0.3 is 0 Å². The number of ether oxygens (including phenoxy) is 1. The Kier molecular flexibility index (Phi) is 4.81. The lowest BCUT2D eigenvalue weighted by molar-refractivity contribution is 0.0327. The molecule has 26 heavy (non-hydrogen) atoms. The molecule has 2 aromatic heterocycles. The van der Waals surface area contributed by atoms with Crippen molar-refractivity contribution in [2.45, 2.75) is 26.9 Å². The van der Waals surface area contributed by atoms with Gasteiger partial charge in [-0.15, -0.1) is 0 Å². The minimum Gasteiger partial charge on any atom is -0.379 e. The van der Waals surface area contributed by atoms with E-state index in [0.29, 0.717) is 18.3 Å². The van der Waals surface area contributed by atoms with Crippen molar-refractivity contribution < 1.29 is 9.26 Å². The molecule has 4 rings (SSSR count). The lowest BCUT2D eigenvalue weighted by atomic mass is 10.1. The van der Waals surface area contributed by atoms with Gasteiger partial charge in [0.25, 0.3) is 5.89 Å². The second kappa shape index (κ2) is 7.39. The van der Waals surface area contributed by atoms with E-state index in [4.69, 9.17) is 9.26 Å². The molecule has 0 spiro atoms. The Hall–Kier alpha value is -2.51. The Morgan fingerprint density at radius 1 is 1.04 bits per heavy atom. The molecular formula is C19H23N5O2. The van der Waals surface area contributed by atoms with Crippen LogP contribution in [-0.4, -0.2) is 51.1 Å². The van der Waals surface area contributed by atoms with Crippen LogP contribution in [0.25, 0.3) is 11.5 Å². The van der Waals surface area contributed by atoms with Crippen LogP contribution in [0.15, 0.2) is 34.9 Å². The van der Waals surface area contributed by atoms with Crippen molar-refractivity contribution in [1.29, 1.82) is 0 Å². The Labute approximate surface area is 152 Å². The third-order valence-electron chi connectivity index (χ3n) is 4.57. The summed E-state index contributed by atoms with van der Waals surface area (Å²) in [5, 5.41) is 8.62. The number of morpholine rings is 1. The SMILES string of the molecule is Cc1cc(C)n(Cc2ccc(-c3nc(CN4CCOCC4)no3)cc2)n1. The number of aryl methyl sites for hydroxylation is 2. The van der Waals surface area contributed by atoms with E-state index in [0.717, 1.165) is 49.8 Å². The van der Waals surface area contributed by atoms with Gasteiger partial charge in [-0.05, 0) is 37.6 Å². The normalized spacial score (nSPS) is 15.5. The standard InChI is InChI=1S/C19H23N5O2/c1-14-11-15(2)24(21-14)12-16-3-5-17(6-4-16)19-20-18(22-26-19)13-23-7-9-25-10-8-23/h3-6,11H,7-10,12-13H2,1-2H3.